The number of hydrogen-bond donors (Lipinski definition) is 0. The zero-order valence-electron chi connectivity index (χ0n) is 14.8. The largest absolute Gasteiger partial charge is 0.493 e. The predicted molar refractivity (Wildman–Crippen MR) is 101 cm³/mol. The van der Waals surface area contributed by atoms with E-state index in [0.29, 0.717) is 12.3 Å². The van der Waals surface area contributed by atoms with Crippen LogP contribution in [0.2, 0.25) is 0 Å². The molecule has 0 unspecified atom stereocenters. The SMILES string of the molecule is CC/C=C\C(=O)N1CCc2cc(OC)c(OC)cc2[C@H]1c1cccs1. The zero-order chi connectivity index (χ0) is 17.8. The summed E-state index contributed by atoms with van der Waals surface area (Å²) >= 11 is 1.67. The molecule has 2 aromatic rings. The molecule has 1 aliphatic heterocycles. The van der Waals surface area contributed by atoms with Gasteiger partial charge in [0, 0.05) is 11.4 Å². The third-order valence-corrected chi connectivity index (χ3v) is 5.39. The maximum absolute atomic E-state index is 12.7. The minimum atomic E-state index is -0.0856. The van der Waals surface area contributed by atoms with E-state index in [1.807, 2.05) is 36.1 Å². The highest BCUT2D eigenvalue weighted by Gasteiger charge is 2.33. The van der Waals surface area contributed by atoms with Gasteiger partial charge in [-0.1, -0.05) is 19.1 Å². The number of methoxy groups -OCH3 is 2. The number of carbonyl (C=O) groups excluding carboxylic acids is 1. The van der Waals surface area contributed by atoms with Crippen molar-refractivity contribution in [3.8, 4) is 11.5 Å². The summed E-state index contributed by atoms with van der Waals surface area (Å²) in [6.07, 6.45) is 5.26. The van der Waals surface area contributed by atoms with Crippen molar-refractivity contribution in [1.82, 2.24) is 4.90 Å². The van der Waals surface area contributed by atoms with Crippen LogP contribution in [-0.4, -0.2) is 31.6 Å². The maximum atomic E-state index is 12.7. The van der Waals surface area contributed by atoms with Gasteiger partial charge in [0.05, 0.1) is 20.3 Å². The number of carbonyl (C=O) groups is 1. The predicted octanol–water partition coefficient (Wildman–Crippen LogP) is 4.21. The summed E-state index contributed by atoms with van der Waals surface area (Å²) in [5, 5.41) is 2.05. The molecule has 3 rings (SSSR count). The van der Waals surface area contributed by atoms with Crippen LogP contribution in [0.4, 0.5) is 0 Å². The van der Waals surface area contributed by atoms with Gasteiger partial charge < -0.3 is 14.4 Å². The van der Waals surface area contributed by atoms with E-state index in [1.54, 1.807) is 31.6 Å². The van der Waals surface area contributed by atoms with Crippen molar-refractivity contribution in [3.05, 3.63) is 57.8 Å². The van der Waals surface area contributed by atoms with E-state index in [4.69, 9.17) is 9.47 Å². The van der Waals surface area contributed by atoms with Crippen molar-refractivity contribution in [2.24, 2.45) is 0 Å². The van der Waals surface area contributed by atoms with Crippen LogP contribution in [0.25, 0.3) is 0 Å². The van der Waals surface area contributed by atoms with Gasteiger partial charge in [-0.05, 0) is 53.6 Å². The van der Waals surface area contributed by atoms with Gasteiger partial charge in [0.25, 0.3) is 0 Å². The molecule has 0 spiro atoms. The molecule has 1 aromatic carbocycles. The second-order valence-corrected chi connectivity index (χ2v) is 6.90. The van der Waals surface area contributed by atoms with Gasteiger partial charge in [0.2, 0.25) is 5.91 Å². The average molecular weight is 357 g/mol. The minimum Gasteiger partial charge on any atom is -0.493 e. The van der Waals surface area contributed by atoms with E-state index in [9.17, 15) is 4.79 Å². The average Bonchev–Trinajstić information content (AvgIpc) is 3.18. The molecule has 0 fully saturated rings. The van der Waals surface area contributed by atoms with Gasteiger partial charge in [-0.3, -0.25) is 4.79 Å². The van der Waals surface area contributed by atoms with Crippen LogP contribution in [0.5, 0.6) is 11.5 Å². The summed E-state index contributed by atoms with van der Waals surface area (Å²) in [6.45, 7) is 2.72. The topological polar surface area (TPSA) is 38.8 Å². The quantitative estimate of drug-likeness (QED) is 0.753. The molecule has 2 heterocycles. The molecule has 1 aromatic heterocycles. The monoisotopic (exact) mass is 357 g/mol. The fourth-order valence-electron chi connectivity index (χ4n) is 3.25. The van der Waals surface area contributed by atoms with Crippen molar-refractivity contribution >= 4 is 17.2 Å². The maximum Gasteiger partial charge on any atom is 0.247 e. The molecule has 0 radical (unpaired) electrons. The lowest BCUT2D eigenvalue weighted by Crippen LogP contribution is -2.39. The lowest BCUT2D eigenvalue weighted by atomic mass is 9.90. The highest BCUT2D eigenvalue weighted by molar-refractivity contribution is 7.10. The van der Waals surface area contributed by atoms with Crippen molar-refractivity contribution in [1.29, 1.82) is 0 Å². The number of thiophene rings is 1. The summed E-state index contributed by atoms with van der Waals surface area (Å²) in [5.74, 6) is 1.48. The molecule has 0 saturated carbocycles. The first-order chi connectivity index (χ1) is 12.2. The smallest absolute Gasteiger partial charge is 0.247 e. The summed E-state index contributed by atoms with van der Waals surface area (Å²) in [4.78, 5) is 15.8. The first kappa shape index (κ1) is 17.5. The highest BCUT2D eigenvalue weighted by atomic mass is 32.1. The van der Waals surface area contributed by atoms with Gasteiger partial charge in [-0.2, -0.15) is 0 Å². The molecule has 5 heteroatoms. The van der Waals surface area contributed by atoms with Gasteiger partial charge >= 0.3 is 0 Å². The molecule has 0 aliphatic carbocycles. The number of amides is 1. The summed E-state index contributed by atoms with van der Waals surface area (Å²) in [7, 11) is 3.29. The third-order valence-electron chi connectivity index (χ3n) is 4.47. The van der Waals surface area contributed by atoms with Crippen molar-refractivity contribution < 1.29 is 14.3 Å². The summed E-state index contributed by atoms with van der Waals surface area (Å²) in [6, 6.07) is 8.09. The third kappa shape index (κ3) is 3.42. The molecule has 1 amide bonds. The molecule has 1 atom stereocenters. The van der Waals surface area contributed by atoms with E-state index < -0.39 is 0 Å². The number of ether oxygens (including phenoxy) is 2. The Hall–Kier alpha value is -2.27. The Morgan fingerprint density at radius 2 is 2.08 bits per heavy atom. The van der Waals surface area contributed by atoms with E-state index in [2.05, 4.69) is 11.4 Å². The number of nitrogens with zero attached hydrogens (tertiary/aromatic N) is 1. The molecular weight excluding hydrogens is 334 g/mol. The number of allylic oxidation sites excluding steroid dienone is 1. The Balaban J connectivity index is 2.09. The number of hydrogen-bond acceptors (Lipinski definition) is 4. The second kappa shape index (κ2) is 7.74. The normalized spacial score (nSPS) is 16.8. The van der Waals surface area contributed by atoms with Crippen LogP contribution in [0.3, 0.4) is 0 Å². The second-order valence-electron chi connectivity index (χ2n) is 5.92. The lowest BCUT2D eigenvalue weighted by Gasteiger charge is -2.37. The Bertz CT molecular complexity index is 767. The summed E-state index contributed by atoms with van der Waals surface area (Å²) < 4.78 is 10.9. The van der Waals surface area contributed by atoms with Crippen LogP contribution in [0.1, 0.15) is 35.4 Å². The van der Waals surface area contributed by atoms with E-state index >= 15 is 0 Å². The molecule has 0 bridgehead atoms. The summed E-state index contributed by atoms with van der Waals surface area (Å²) in [5.41, 5.74) is 2.32. The van der Waals surface area contributed by atoms with Gasteiger partial charge in [-0.25, -0.2) is 0 Å². The Morgan fingerprint density at radius 3 is 2.72 bits per heavy atom. The van der Waals surface area contributed by atoms with Crippen molar-refractivity contribution in [2.45, 2.75) is 25.8 Å². The van der Waals surface area contributed by atoms with Crippen LogP contribution in [0, 0.1) is 0 Å². The Morgan fingerprint density at radius 1 is 1.32 bits per heavy atom. The molecule has 4 nitrogen and oxygen atoms in total. The fourth-order valence-corrected chi connectivity index (χ4v) is 4.11. The molecule has 0 saturated heterocycles. The lowest BCUT2D eigenvalue weighted by molar-refractivity contribution is -0.128. The van der Waals surface area contributed by atoms with Crippen LogP contribution in [-0.2, 0) is 11.2 Å². The van der Waals surface area contributed by atoms with Crippen LogP contribution >= 0.6 is 11.3 Å². The van der Waals surface area contributed by atoms with Crippen molar-refractivity contribution in [3.63, 3.8) is 0 Å². The number of benzene rings is 1. The minimum absolute atomic E-state index is 0.0562. The van der Waals surface area contributed by atoms with Gasteiger partial charge in [0.15, 0.2) is 11.5 Å². The first-order valence-electron chi connectivity index (χ1n) is 8.45. The van der Waals surface area contributed by atoms with Crippen LogP contribution in [0.15, 0.2) is 41.8 Å². The molecule has 0 N–H and O–H groups in total. The number of fused-ring (bicyclic) bond motifs is 1. The molecule has 132 valence electrons. The highest BCUT2D eigenvalue weighted by Crippen LogP contribution is 2.42. The number of rotatable bonds is 5. The van der Waals surface area contributed by atoms with E-state index in [1.165, 1.54) is 5.56 Å². The van der Waals surface area contributed by atoms with Gasteiger partial charge in [-0.15, -0.1) is 11.3 Å². The zero-order valence-corrected chi connectivity index (χ0v) is 15.6. The van der Waals surface area contributed by atoms with Crippen LogP contribution < -0.4 is 9.47 Å². The Kier molecular flexibility index (Phi) is 5.43. The van der Waals surface area contributed by atoms with Gasteiger partial charge in [0.1, 0.15) is 0 Å². The Labute approximate surface area is 152 Å². The van der Waals surface area contributed by atoms with Crippen molar-refractivity contribution in [2.75, 3.05) is 20.8 Å². The first-order valence-corrected chi connectivity index (χ1v) is 9.32. The standard InChI is InChI=1S/C20H23NO3S/c1-4-5-8-19(22)21-10-9-14-12-16(23-2)17(24-3)13-15(14)20(21)18-7-6-11-25-18/h5-8,11-13,20H,4,9-10H2,1-3H3/b8-5-/t20-/m0/s1. The molecule has 1 aliphatic rings. The fraction of sp³-hybridized carbons (Fsp3) is 0.350. The molecule has 25 heavy (non-hydrogen) atoms. The molecular formula is C20H23NO3S. The van der Waals surface area contributed by atoms with E-state index in [-0.39, 0.29) is 11.9 Å². The van der Waals surface area contributed by atoms with E-state index in [0.717, 1.165) is 29.0 Å².